The summed E-state index contributed by atoms with van der Waals surface area (Å²) in [5.41, 5.74) is -0.559. The highest BCUT2D eigenvalue weighted by Gasteiger charge is 2.02. The molecule has 1 aromatic heterocycles. The number of hydrogen-bond acceptors (Lipinski definition) is 3. The second-order valence-electron chi connectivity index (χ2n) is 1.68. The zero-order valence-corrected chi connectivity index (χ0v) is 4.92. The number of nitrogens with zero attached hydrogens (tertiary/aromatic N) is 1. The van der Waals surface area contributed by atoms with Gasteiger partial charge in [-0.25, -0.2) is 9.89 Å². The normalized spacial score (nSPS) is 9.60. The zero-order valence-electron chi connectivity index (χ0n) is 4.92. The molecule has 0 atom stereocenters. The van der Waals surface area contributed by atoms with Gasteiger partial charge in [-0.1, -0.05) is 0 Å². The number of nitrogens with one attached hydrogen (secondary N) is 2. The lowest BCUT2D eigenvalue weighted by Gasteiger charge is -1.84. The summed E-state index contributed by atoms with van der Waals surface area (Å²) in [6.07, 6.45) is -0.265. The van der Waals surface area contributed by atoms with Crippen LogP contribution in [-0.2, 0) is 11.2 Å². The van der Waals surface area contributed by atoms with Crippen LogP contribution in [0.3, 0.4) is 0 Å². The largest absolute Gasteiger partial charge is 0.481 e. The molecule has 0 bridgehead atoms. The molecule has 0 radical (unpaired) electrons. The van der Waals surface area contributed by atoms with Gasteiger partial charge >= 0.3 is 11.7 Å². The predicted molar refractivity (Wildman–Crippen MR) is 30.5 cm³/mol. The first-order valence-electron chi connectivity index (χ1n) is 2.54. The first-order valence-corrected chi connectivity index (χ1v) is 2.54. The molecule has 0 saturated carbocycles. The Kier molecular flexibility index (Phi) is 1.53. The molecule has 0 fully saturated rings. The molecule has 0 spiro atoms. The first-order chi connectivity index (χ1) is 4.68. The van der Waals surface area contributed by atoms with Crippen molar-refractivity contribution in [3.05, 3.63) is 16.3 Å². The van der Waals surface area contributed by atoms with E-state index in [1.54, 1.807) is 0 Å². The first kappa shape index (κ1) is 6.53. The maximum Gasteiger partial charge on any atom is 0.361 e. The quantitative estimate of drug-likeness (QED) is 0.480. The topological polar surface area (TPSA) is 98.8 Å². The minimum Gasteiger partial charge on any atom is -0.481 e. The van der Waals surface area contributed by atoms with Crippen molar-refractivity contribution >= 4 is 5.97 Å². The summed E-state index contributed by atoms with van der Waals surface area (Å²) in [7, 11) is 0. The molecular formula is C4H5N3O3. The van der Waals surface area contributed by atoms with Crippen molar-refractivity contribution < 1.29 is 9.90 Å². The van der Waals surface area contributed by atoms with Crippen LogP contribution in [-0.4, -0.2) is 26.3 Å². The molecule has 0 amide bonds. The fourth-order valence-corrected chi connectivity index (χ4v) is 0.531. The predicted octanol–water partition coefficient (Wildman–Crippen LogP) is -1.27. The Balaban J connectivity index is 2.76. The van der Waals surface area contributed by atoms with E-state index in [0.29, 0.717) is 0 Å². The SMILES string of the molecule is O=C(O)Cc1nc(=O)[nH][nH]1. The monoisotopic (exact) mass is 143 g/mol. The van der Waals surface area contributed by atoms with Crippen molar-refractivity contribution in [3.63, 3.8) is 0 Å². The van der Waals surface area contributed by atoms with Crippen molar-refractivity contribution in [2.75, 3.05) is 0 Å². The molecule has 3 N–H and O–H groups in total. The zero-order chi connectivity index (χ0) is 7.56. The molecule has 1 rings (SSSR count). The molecule has 10 heavy (non-hydrogen) atoms. The van der Waals surface area contributed by atoms with E-state index in [1.165, 1.54) is 0 Å². The minimum atomic E-state index is -1.03. The average Bonchev–Trinajstić information content (AvgIpc) is 2.13. The van der Waals surface area contributed by atoms with Crippen molar-refractivity contribution in [2.24, 2.45) is 0 Å². The van der Waals surface area contributed by atoms with Crippen molar-refractivity contribution in [1.29, 1.82) is 0 Å². The van der Waals surface area contributed by atoms with E-state index in [4.69, 9.17) is 5.11 Å². The molecule has 6 heteroatoms. The number of aromatic nitrogens is 3. The van der Waals surface area contributed by atoms with Gasteiger partial charge in [-0.15, -0.1) is 0 Å². The average molecular weight is 143 g/mol. The summed E-state index contributed by atoms with van der Waals surface area (Å²) < 4.78 is 0. The van der Waals surface area contributed by atoms with Gasteiger partial charge in [0, 0.05) is 0 Å². The van der Waals surface area contributed by atoms with Gasteiger partial charge in [0.15, 0.2) is 0 Å². The van der Waals surface area contributed by atoms with Crippen LogP contribution in [0.5, 0.6) is 0 Å². The van der Waals surface area contributed by atoms with Crippen molar-refractivity contribution in [3.8, 4) is 0 Å². The van der Waals surface area contributed by atoms with E-state index in [2.05, 4.69) is 15.2 Å². The van der Waals surface area contributed by atoms with Crippen LogP contribution in [0.2, 0.25) is 0 Å². The second-order valence-corrected chi connectivity index (χ2v) is 1.68. The smallest absolute Gasteiger partial charge is 0.361 e. The van der Waals surface area contributed by atoms with Crippen LogP contribution < -0.4 is 5.69 Å². The summed E-state index contributed by atoms with van der Waals surface area (Å²) in [6, 6.07) is 0. The van der Waals surface area contributed by atoms with E-state index in [9.17, 15) is 9.59 Å². The van der Waals surface area contributed by atoms with Crippen LogP contribution in [0.25, 0.3) is 0 Å². The third-order valence-electron chi connectivity index (χ3n) is 0.869. The van der Waals surface area contributed by atoms with Crippen LogP contribution in [0, 0.1) is 0 Å². The van der Waals surface area contributed by atoms with Crippen LogP contribution >= 0.6 is 0 Å². The lowest BCUT2D eigenvalue weighted by molar-refractivity contribution is -0.136. The third-order valence-corrected chi connectivity index (χ3v) is 0.869. The van der Waals surface area contributed by atoms with E-state index < -0.39 is 11.7 Å². The lowest BCUT2D eigenvalue weighted by atomic mass is 10.4. The number of carboxylic acids is 1. The van der Waals surface area contributed by atoms with E-state index >= 15 is 0 Å². The molecule has 54 valence electrons. The number of carboxylic acid groups (broad SMARTS) is 1. The van der Waals surface area contributed by atoms with Crippen molar-refractivity contribution in [2.45, 2.75) is 6.42 Å². The Morgan fingerprint density at radius 2 is 2.30 bits per heavy atom. The van der Waals surface area contributed by atoms with Gasteiger partial charge in [0.2, 0.25) is 0 Å². The van der Waals surface area contributed by atoms with E-state index in [-0.39, 0.29) is 12.2 Å². The second kappa shape index (κ2) is 2.34. The Morgan fingerprint density at radius 1 is 1.60 bits per heavy atom. The molecule has 0 aliphatic carbocycles. The molecule has 1 aromatic rings. The van der Waals surface area contributed by atoms with Gasteiger partial charge in [-0.05, 0) is 0 Å². The van der Waals surface area contributed by atoms with E-state index in [0.717, 1.165) is 0 Å². The van der Waals surface area contributed by atoms with Gasteiger partial charge in [0.1, 0.15) is 12.2 Å². The molecule has 0 aliphatic rings. The van der Waals surface area contributed by atoms with Crippen LogP contribution in [0.1, 0.15) is 5.82 Å². The van der Waals surface area contributed by atoms with Gasteiger partial charge in [0.25, 0.3) is 0 Å². The number of hydrogen-bond donors (Lipinski definition) is 3. The van der Waals surface area contributed by atoms with Crippen LogP contribution in [0.4, 0.5) is 0 Å². The Labute approximate surface area is 54.9 Å². The number of aliphatic carboxylic acids is 1. The van der Waals surface area contributed by atoms with Gasteiger partial charge in [0.05, 0.1) is 0 Å². The maximum atomic E-state index is 10.3. The van der Waals surface area contributed by atoms with Gasteiger partial charge in [-0.3, -0.25) is 9.89 Å². The van der Waals surface area contributed by atoms with E-state index in [1.807, 2.05) is 0 Å². The molecule has 0 aromatic carbocycles. The Bertz CT molecular complexity index is 286. The molecule has 0 unspecified atom stereocenters. The number of aromatic amines is 2. The lowest BCUT2D eigenvalue weighted by Crippen LogP contribution is -2.04. The summed E-state index contributed by atoms with van der Waals surface area (Å²) in [5, 5.41) is 12.6. The molecule has 1 heterocycles. The number of H-pyrrole nitrogens is 2. The molecule has 6 nitrogen and oxygen atoms in total. The Morgan fingerprint density at radius 3 is 2.70 bits per heavy atom. The van der Waals surface area contributed by atoms with Crippen LogP contribution in [0.15, 0.2) is 4.79 Å². The highest BCUT2D eigenvalue weighted by molar-refractivity contribution is 5.68. The number of carbonyl (C=O) groups is 1. The summed E-state index contributed by atoms with van der Waals surface area (Å²) in [6.45, 7) is 0. The minimum absolute atomic E-state index is 0.137. The summed E-state index contributed by atoms with van der Waals surface area (Å²) >= 11 is 0. The van der Waals surface area contributed by atoms with Gasteiger partial charge in [-0.2, -0.15) is 4.98 Å². The molecule has 0 aliphatic heterocycles. The fourth-order valence-electron chi connectivity index (χ4n) is 0.531. The standard InChI is InChI=1S/C4H5N3O3/c8-3(9)1-2-5-4(10)7-6-2/h1H2,(H,8,9)(H2,5,6,7,10). The Hall–Kier alpha value is -1.59. The third kappa shape index (κ3) is 1.44. The summed E-state index contributed by atoms with van der Waals surface area (Å²) in [5.74, 6) is -0.889. The summed E-state index contributed by atoms with van der Waals surface area (Å²) in [4.78, 5) is 23.6. The fraction of sp³-hybridized carbons (Fsp3) is 0.250. The maximum absolute atomic E-state index is 10.3. The molecule has 0 saturated heterocycles. The molecular weight excluding hydrogens is 138 g/mol. The number of rotatable bonds is 2. The van der Waals surface area contributed by atoms with Gasteiger partial charge < -0.3 is 5.11 Å². The highest BCUT2D eigenvalue weighted by Crippen LogP contribution is 1.82. The highest BCUT2D eigenvalue weighted by atomic mass is 16.4. The van der Waals surface area contributed by atoms with Crippen molar-refractivity contribution in [1.82, 2.24) is 15.2 Å².